The molecule has 0 aromatic heterocycles. The predicted molar refractivity (Wildman–Crippen MR) is 55.3 cm³/mol. The van der Waals surface area contributed by atoms with Crippen LogP contribution in [-0.4, -0.2) is 11.8 Å². The third-order valence-electron chi connectivity index (χ3n) is 1.91. The molecular weight excluding hydrogens is 246 g/mol. The summed E-state index contributed by atoms with van der Waals surface area (Å²) in [7, 11) is 0. The number of nitrogens with one attached hydrogen (secondary N) is 1. The van der Waals surface area contributed by atoms with Crippen LogP contribution in [0.5, 0.6) is 0 Å². The Kier molecular flexibility index (Phi) is 2.21. The highest BCUT2D eigenvalue weighted by Crippen LogP contribution is 2.20. The quantitative estimate of drug-likeness (QED) is 0.769. The van der Waals surface area contributed by atoms with Crippen LogP contribution in [0.4, 0.5) is 0 Å². The molecule has 0 bridgehead atoms. The lowest BCUT2D eigenvalue weighted by molar-refractivity contribution is -0.123. The minimum Gasteiger partial charge on any atom is -0.289 e. The largest absolute Gasteiger partial charge is 0.289 e. The van der Waals surface area contributed by atoms with Crippen molar-refractivity contribution in [3.05, 3.63) is 40.4 Å². The summed E-state index contributed by atoms with van der Waals surface area (Å²) in [6.45, 7) is 0. The van der Waals surface area contributed by atoms with Crippen molar-refractivity contribution in [2.45, 2.75) is 0 Å². The fourth-order valence-corrected chi connectivity index (χ4v) is 1.52. The molecule has 70 valence electrons. The van der Waals surface area contributed by atoms with Crippen molar-refractivity contribution < 1.29 is 9.59 Å². The summed E-state index contributed by atoms with van der Waals surface area (Å²) in [4.78, 5) is 22.1. The Morgan fingerprint density at radius 1 is 1.07 bits per heavy atom. The van der Waals surface area contributed by atoms with Gasteiger partial charge in [0, 0.05) is 10.5 Å². The smallest absolute Gasteiger partial charge is 0.258 e. The van der Waals surface area contributed by atoms with Gasteiger partial charge in [0.25, 0.3) is 11.8 Å². The van der Waals surface area contributed by atoms with Gasteiger partial charge in [0.15, 0.2) is 0 Å². The van der Waals surface area contributed by atoms with Crippen molar-refractivity contribution in [1.82, 2.24) is 5.32 Å². The van der Waals surface area contributed by atoms with E-state index in [1.807, 2.05) is 12.1 Å². The molecule has 0 spiro atoms. The van der Waals surface area contributed by atoms with Crippen molar-refractivity contribution >= 4 is 33.3 Å². The van der Waals surface area contributed by atoms with Gasteiger partial charge >= 0.3 is 0 Å². The molecule has 4 heteroatoms. The summed E-state index contributed by atoms with van der Waals surface area (Å²) in [6.07, 6.45) is 1.31. The lowest BCUT2D eigenvalue weighted by Crippen LogP contribution is -2.21. The van der Waals surface area contributed by atoms with E-state index in [0.29, 0.717) is 5.57 Å². The first-order valence-electron chi connectivity index (χ1n) is 4.00. The fraction of sp³-hybridized carbons (Fsp3) is 0. The van der Waals surface area contributed by atoms with Crippen molar-refractivity contribution in [2.24, 2.45) is 0 Å². The average Bonchev–Trinajstić information content (AvgIpc) is 2.47. The summed E-state index contributed by atoms with van der Waals surface area (Å²) in [6, 6.07) is 7.22. The number of rotatable bonds is 1. The maximum Gasteiger partial charge on any atom is 0.258 e. The Labute approximate surface area is 88.9 Å². The number of hydrogen-bond donors (Lipinski definition) is 1. The molecule has 0 saturated heterocycles. The summed E-state index contributed by atoms with van der Waals surface area (Å²) in [5.74, 6) is -0.690. The Morgan fingerprint density at radius 3 is 2.21 bits per heavy atom. The van der Waals surface area contributed by atoms with Gasteiger partial charge < -0.3 is 0 Å². The van der Waals surface area contributed by atoms with Gasteiger partial charge in [0.2, 0.25) is 0 Å². The van der Waals surface area contributed by atoms with Crippen molar-refractivity contribution in [1.29, 1.82) is 0 Å². The molecule has 0 fully saturated rings. The Hall–Kier alpha value is -1.42. The first kappa shape index (κ1) is 9.15. The van der Waals surface area contributed by atoms with Gasteiger partial charge in [-0.2, -0.15) is 0 Å². The van der Waals surface area contributed by atoms with Gasteiger partial charge in [-0.3, -0.25) is 14.9 Å². The van der Waals surface area contributed by atoms with Gasteiger partial charge in [-0.15, -0.1) is 0 Å². The molecule has 1 aliphatic rings. The summed E-state index contributed by atoms with van der Waals surface area (Å²) >= 11 is 3.29. The fourth-order valence-electron chi connectivity index (χ4n) is 1.26. The van der Waals surface area contributed by atoms with Gasteiger partial charge in [0.05, 0.1) is 5.57 Å². The van der Waals surface area contributed by atoms with Crippen LogP contribution in [0.15, 0.2) is 34.8 Å². The summed E-state index contributed by atoms with van der Waals surface area (Å²) in [5, 5.41) is 2.20. The molecule has 14 heavy (non-hydrogen) atoms. The second kappa shape index (κ2) is 3.38. The molecule has 0 atom stereocenters. The van der Waals surface area contributed by atoms with Gasteiger partial charge in [0.1, 0.15) is 0 Å². The van der Waals surface area contributed by atoms with Crippen LogP contribution in [0.1, 0.15) is 5.56 Å². The number of imide groups is 1. The first-order valence-corrected chi connectivity index (χ1v) is 4.79. The molecule has 1 N–H and O–H groups in total. The SMILES string of the molecule is O=C1C=C(c2ccc(Br)cc2)C(=O)N1. The van der Waals surface area contributed by atoms with Crippen LogP contribution in [0.2, 0.25) is 0 Å². The van der Waals surface area contributed by atoms with E-state index in [-0.39, 0.29) is 11.8 Å². The second-order valence-electron chi connectivity index (χ2n) is 2.88. The van der Waals surface area contributed by atoms with Gasteiger partial charge in [-0.1, -0.05) is 28.1 Å². The highest BCUT2D eigenvalue weighted by atomic mass is 79.9. The molecule has 0 radical (unpaired) electrons. The molecule has 1 aromatic rings. The zero-order valence-electron chi connectivity index (χ0n) is 7.08. The normalized spacial score (nSPS) is 15.4. The summed E-state index contributed by atoms with van der Waals surface area (Å²) < 4.78 is 0.937. The van der Waals surface area contributed by atoms with Crippen LogP contribution in [0, 0.1) is 0 Å². The van der Waals surface area contributed by atoms with E-state index in [1.165, 1.54) is 6.08 Å². The number of carbonyl (C=O) groups excluding carboxylic acids is 2. The maximum atomic E-state index is 11.3. The molecule has 3 nitrogen and oxygen atoms in total. The average molecular weight is 252 g/mol. The summed E-state index contributed by atoms with van der Waals surface area (Å²) in [5.41, 5.74) is 1.17. The number of hydrogen-bond acceptors (Lipinski definition) is 2. The highest BCUT2D eigenvalue weighted by Gasteiger charge is 2.21. The van der Waals surface area contributed by atoms with E-state index in [9.17, 15) is 9.59 Å². The lowest BCUT2D eigenvalue weighted by Gasteiger charge is -1.99. The van der Waals surface area contributed by atoms with E-state index in [2.05, 4.69) is 21.2 Å². The molecule has 0 saturated carbocycles. The van der Waals surface area contributed by atoms with Gasteiger partial charge in [-0.25, -0.2) is 0 Å². The molecule has 1 heterocycles. The number of benzene rings is 1. The van der Waals surface area contributed by atoms with Gasteiger partial charge in [-0.05, 0) is 17.7 Å². The topological polar surface area (TPSA) is 46.2 Å². The monoisotopic (exact) mass is 251 g/mol. The number of halogens is 1. The third-order valence-corrected chi connectivity index (χ3v) is 2.44. The van der Waals surface area contributed by atoms with Crippen LogP contribution in [0.25, 0.3) is 5.57 Å². The standard InChI is InChI=1S/C10H6BrNO2/c11-7-3-1-6(2-4-7)8-5-9(13)12-10(8)14/h1-5H,(H,12,13,14). The zero-order valence-corrected chi connectivity index (χ0v) is 8.67. The molecule has 0 aliphatic carbocycles. The molecule has 1 aromatic carbocycles. The maximum absolute atomic E-state index is 11.3. The van der Waals surface area contributed by atoms with Crippen molar-refractivity contribution in [2.75, 3.05) is 0 Å². The molecule has 2 rings (SSSR count). The predicted octanol–water partition coefficient (Wildman–Crippen LogP) is 1.49. The zero-order chi connectivity index (χ0) is 10.1. The molecule has 0 unspecified atom stereocenters. The highest BCUT2D eigenvalue weighted by molar-refractivity contribution is 9.10. The van der Waals surface area contributed by atoms with E-state index < -0.39 is 0 Å². The van der Waals surface area contributed by atoms with Crippen molar-refractivity contribution in [3.8, 4) is 0 Å². The Balaban J connectivity index is 2.41. The lowest BCUT2D eigenvalue weighted by atomic mass is 10.1. The second-order valence-corrected chi connectivity index (χ2v) is 3.80. The van der Waals surface area contributed by atoms with E-state index >= 15 is 0 Å². The molecular formula is C10H6BrNO2. The van der Waals surface area contributed by atoms with E-state index in [1.54, 1.807) is 12.1 Å². The van der Waals surface area contributed by atoms with Crippen LogP contribution >= 0.6 is 15.9 Å². The molecule has 2 amide bonds. The minimum absolute atomic E-state index is 0.336. The van der Waals surface area contributed by atoms with Crippen LogP contribution in [0.3, 0.4) is 0 Å². The molecule has 1 aliphatic heterocycles. The van der Waals surface area contributed by atoms with E-state index in [4.69, 9.17) is 0 Å². The number of amides is 2. The minimum atomic E-state index is -0.354. The van der Waals surface area contributed by atoms with Crippen LogP contribution in [-0.2, 0) is 9.59 Å². The Morgan fingerprint density at radius 2 is 1.71 bits per heavy atom. The number of carbonyl (C=O) groups is 2. The Bertz CT molecular complexity index is 434. The van der Waals surface area contributed by atoms with Crippen LogP contribution < -0.4 is 5.32 Å². The van der Waals surface area contributed by atoms with Crippen molar-refractivity contribution in [3.63, 3.8) is 0 Å². The third kappa shape index (κ3) is 1.61. The first-order chi connectivity index (χ1) is 6.66. The van der Waals surface area contributed by atoms with E-state index in [0.717, 1.165) is 10.0 Å².